The first-order valence-corrected chi connectivity index (χ1v) is 13.5. The second kappa shape index (κ2) is 12.3. The highest BCUT2D eigenvalue weighted by atomic mass is 35.5. The van der Waals surface area contributed by atoms with Crippen LogP contribution in [0, 0.1) is 5.92 Å². The van der Waals surface area contributed by atoms with E-state index in [2.05, 4.69) is 0 Å². The molecule has 0 spiro atoms. The number of Topliss-reactive ketones (excluding diaryl/α,β-unsaturated/α-hetero) is 1. The van der Waals surface area contributed by atoms with Crippen LogP contribution in [0.3, 0.4) is 0 Å². The van der Waals surface area contributed by atoms with Gasteiger partial charge < -0.3 is 0 Å². The molecule has 0 aliphatic heterocycles. The van der Waals surface area contributed by atoms with Crippen molar-refractivity contribution in [1.82, 2.24) is 0 Å². The molecule has 1 unspecified atom stereocenters. The molecule has 2 aromatic carbocycles. The number of halogens is 12. The number of sulfone groups is 1. The minimum absolute atomic E-state index is 0.00651. The monoisotopic (exact) mass is 646 g/mol. The molecule has 0 heterocycles. The summed E-state index contributed by atoms with van der Waals surface area (Å²) in [5.41, 5.74) is -4.37. The van der Waals surface area contributed by atoms with Crippen LogP contribution in [0.4, 0.5) is 43.9 Å². The van der Waals surface area contributed by atoms with Crippen LogP contribution in [0.5, 0.6) is 0 Å². The number of rotatable bonds is 9. The molecule has 0 aliphatic carbocycles. The van der Waals surface area contributed by atoms with E-state index in [1.165, 1.54) is 0 Å². The SMILES string of the molecule is C[C@@H](CC(=O)c1ccc(/C(F)=C/C(c2cc(Cl)cc(Cl)c2)C(F)(F)F)cc1C(F)(F)F)CS(=O)(=O)CC(F)(F)F. The number of benzene rings is 2. The Morgan fingerprint density at radius 3 is 1.95 bits per heavy atom. The highest BCUT2D eigenvalue weighted by Gasteiger charge is 2.41. The Kier molecular flexibility index (Phi) is 10.4. The van der Waals surface area contributed by atoms with Gasteiger partial charge in [0.1, 0.15) is 17.5 Å². The zero-order valence-electron chi connectivity index (χ0n) is 20.0. The molecule has 0 aliphatic rings. The van der Waals surface area contributed by atoms with Crippen molar-refractivity contribution >= 4 is 44.6 Å². The molecular formula is C24H18Cl2F10O3S. The minimum Gasteiger partial charge on any atom is -0.294 e. The standard InChI is InChI=1S/C24H18Cl2F10O3S/c1-12(10-40(38,39)11-22(28,29)30)4-21(37)17-3-2-13(7-19(17)24(34,35)36)20(27)9-18(23(31,32)33)14-5-15(25)8-16(26)6-14/h2-3,5-9,12,18H,4,10-11H2,1H3/b20-9-/t12-,18?/m0/s1. The molecule has 16 heteroatoms. The predicted octanol–water partition coefficient (Wildman–Crippen LogP) is 8.85. The Balaban J connectivity index is 2.44. The van der Waals surface area contributed by atoms with Crippen LogP contribution in [0.25, 0.3) is 5.83 Å². The van der Waals surface area contributed by atoms with Crippen molar-refractivity contribution in [3.05, 3.63) is 74.8 Å². The van der Waals surface area contributed by atoms with Gasteiger partial charge >= 0.3 is 18.5 Å². The average molecular weight is 647 g/mol. The summed E-state index contributed by atoms with van der Waals surface area (Å²) in [6.07, 6.45) is -16.4. The fraction of sp³-hybridized carbons (Fsp3) is 0.375. The summed E-state index contributed by atoms with van der Waals surface area (Å²) < 4.78 is 158. The molecule has 0 N–H and O–H groups in total. The number of allylic oxidation sites excluding steroid dienone is 1. The third kappa shape index (κ3) is 9.95. The van der Waals surface area contributed by atoms with E-state index < -0.39 is 92.0 Å². The summed E-state index contributed by atoms with van der Waals surface area (Å²) in [5.74, 6) is -10.4. The summed E-state index contributed by atoms with van der Waals surface area (Å²) in [5, 5.41) is -0.429. The third-order valence-corrected chi connectivity index (χ3v) is 7.55. The van der Waals surface area contributed by atoms with E-state index in [-0.39, 0.29) is 22.2 Å². The predicted molar refractivity (Wildman–Crippen MR) is 129 cm³/mol. The number of carbonyl (C=O) groups excluding carboxylic acids is 1. The smallest absolute Gasteiger partial charge is 0.294 e. The molecule has 2 atom stereocenters. The van der Waals surface area contributed by atoms with Gasteiger partial charge in [0, 0.05) is 27.6 Å². The first-order valence-electron chi connectivity index (χ1n) is 10.9. The van der Waals surface area contributed by atoms with E-state index in [0.29, 0.717) is 12.1 Å². The molecule has 40 heavy (non-hydrogen) atoms. The average Bonchev–Trinajstić information content (AvgIpc) is 2.72. The topological polar surface area (TPSA) is 51.2 Å². The molecule has 0 amide bonds. The first-order chi connectivity index (χ1) is 18.0. The van der Waals surface area contributed by atoms with E-state index in [1.54, 1.807) is 0 Å². The Hall–Kier alpha value is -2.32. The first kappa shape index (κ1) is 33.9. The van der Waals surface area contributed by atoms with Crippen LogP contribution in [-0.4, -0.2) is 38.1 Å². The van der Waals surface area contributed by atoms with Crippen molar-refractivity contribution in [2.75, 3.05) is 11.5 Å². The van der Waals surface area contributed by atoms with Gasteiger partial charge in [0.05, 0.1) is 11.3 Å². The highest BCUT2D eigenvalue weighted by Crippen LogP contribution is 2.41. The molecular weight excluding hydrogens is 629 g/mol. The van der Waals surface area contributed by atoms with Crippen molar-refractivity contribution in [1.29, 1.82) is 0 Å². The van der Waals surface area contributed by atoms with Gasteiger partial charge in [-0.2, -0.15) is 39.5 Å². The molecule has 222 valence electrons. The maximum absolute atomic E-state index is 14.9. The van der Waals surface area contributed by atoms with E-state index in [4.69, 9.17) is 23.2 Å². The van der Waals surface area contributed by atoms with E-state index in [0.717, 1.165) is 25.1 Å². The van der Waals surface area contributed by atoms with Gasteiger partial charge in [0.15, 0.2) is 15.6 Å². The summed E-state index contributed by atoms with van der Waals surface area (Å²) >= 11 is 11.4. The number of ketones is 1. The largest absolute Gasteiger partial charge is 0.417 e. The minimum atomic E-state index is -5.31. The lowest BCUT2D eigenvalue weighted by atomic mass is 9.93. The molecule has 0 saturated heterocycles. The lowest BCUT2D eigenvalue weighted by Gasteiger charge is -2.19. The number of hydrogen-bond acceptors (Lipinski definition) is 3. The zero-order chi connectivity index (χ0) is 30.8. The van der Waals surface area contributed by atoms with E-state index in [9.17, 15) is 57.1 Å². The van der Waals surface area contributed by atoms with Gasteiger partial charge in [0.25, 0.3) is 0 Å². The van der Waals surface area contributed by atoms with Crippen molar-refractivity contribution < 1.29 is 57.1 Å². The maximum atomic E-state index is 14.9. The van der Waals surface area contributed by atoms with Crippen LogP contribution < -0.4 is 0 Å². The number of carbonyl (C=O) groups is 1. The molecule has 2 rings (SSSR count). The van der Waals surface area contributed by atoms with E-state index >= 15 is 0 Å². The Bertz CT molecular complexity index is 1360. The quantitative estimate of drug-likeness (QED) is 0.202. The van der Waals surface area contributed by atoms with Crippen LogP contribution in [-0.2, 0) is 16.0 Å². The Morgan fingerprint density at radius 1 is 0.925 bits per heavy atom. The van der Waals surface area contributed by atoms with E-state index in [1.807, 2.05) is 0 Å². The van der Waals surface area contributed by atoms with Gasteiger partial charge in [-0.1, -0.05) is 42.3 Å². The Labute approximate surface area is 231 Å². The molecule has 0 radical (unpaired) electrons. The lowest BCUT2D eigenvalue weighted by Crippen LogP contribution is -2.28. The van der Waals surface area contributed by atoms with Crippen LogP contribution in [0.1, 0.15) is 46.3 Å². The molecule has 2 aromatic rings. The normalized spacial score (nSPS) is 15.2. The molecule has 0 saturated carbocycles. The second-order valence-electron chi connectivity index (χ2n) is 8.90. The summed E-state index contributed by atoms with van der Waals surface area (Å²) in [6, 6.07) is 3.99. The summed E-state index contributed by atoms with van der Waals surface area (Å²) in [4.78, 5) is 12.5. The third-order valence-electron chi connectivity index (χ3n) is 5.27. The molecule has 0 fully saturated rings. The van der Waals surface area contributed by atoms with Crippen LogP contribution in [0.2, 0.25) is 10.0 Å². The second-order valence-corrected chi connectivity index (χ2v) is 11.9. The summed E-state index contributed by atoms with van der Waals surface area (Å²) in [7, 11) is -4.74. The van der Waals surface area contributed by atoms with Crippen LogP contribution in [0.15, 0.2) is 42.5 Å². The Morgan fingerprint density at radius 2 is 1.48 bits per heavy atom. The fourth-order valence-electron chi connectivity index (χ4n) is 3.77. The maximum Gasteiger partial charge on any atom is 0.417 e. The zero-order valence-corrected chi connectivity index (χ0v) is 22.3. The number of hydrogen-bond donors (Lipinski definition) is 0. The molecule has 0 aromatic heterocycles. The van der Waals surface area contributed by atoms with Crippen molar-refractivity contribution in [3.8, 4) is 0 Å². The van der Waals surface area contributed by atoms with Crippen LogP contribution >= 0.6 is 23.2 Å². The lowest BCUT2D eigenvalue weighted by molar-refractivity contribution is -0.140. The molecule has 0 bridgehead atoms. The van der Waals surface area contributed by atoms with Gasteiger partial charge in [0.2, 0.25) is 0 Å². The van der Waals surface area contributed by atoms with Gasteiger partial charge in [-0.25, -0.2) is 12.8 Å². The number of alkyl halides is 9. The summed E-state index contributed by atoms with van der Waals surface area (Å²) in [6.45, 7) is 1.04. The fourth-order valence-corrected chi connectivity index (χ4v) is 5.92. The van der Waals surface area contributed by atoms with Gasteiger partial charge in [-0.05, 0) is 41.8 Å². The van der Waals surface area contributed by atoms with Gasteiger partial charge in [-0.15, -0.1) is 0 Å². The molecule has 3 nitrogen and oxygen atoms in total. The highest BCUT2D eigenvalue weighted by molar-refractivity contribution is 7.91. The van der Waals surface area contributed by atoms with Crippen molar-refractivity contribution in [2.45, 2.75) is 37.8 Å². The van der Waals surface area contributed by atoms with Crippen molar-refractivity contribution in [3.63, 3.8) is 0 Å². The van der Waals surface area contributed by atoms with Gasteiger partial charge in [-0.3, -0.25) is 4.79 Å². The van der Waals surface area contributed by atoms with Crippen molar-refractivity contribution in [2.24, 2.45) is 5.92 Å².